The highest BCUT2D eigenvalue weighted by Crippen LogP contribution is 2.72. The second kappa shape index (κ2) is 8.66. The Morgan fingerprint density at radius 1 is 1.24 bits per heavy atom. The van der Waals surface area contributed by atoms with Crippen LogP contribution in [0.4, 0.5) is 4.39 Å². The van der Waals surface area contributed by atoms with E-state index in [1.807, 2.05) is 6.92 Å². The first kappa shape index (κ1) is 27.4. The molecule has 1 heterocycles. The van der Waals surface area contributed by atoms with Crippen molar-refractivity contribution in [1.29, 1.82) is 0 Å². The molecule has 1 saturated heterocycles. The Morgan fingerprint density at radius 3 is 2.62 bits per heavy atom. The molecule has 2 unspecified atom stereocenters. The Kier molecular flexibility index (Phi) is 6.42. The third-order valence-corrected chi connectivity index (χ3v) is 11.2. The quantitative estimate of drug-likeness (QED) is 0.329. The van der Waals surface area contributed by atoms with Crippen LogP contribution in [0, 0.1) is 22.7 Å². The van der Waals surface area contributed by atoms with E-state index in [1.54, 1.807) is 26.8 Å². The summed E-state index contributed by atoms with van der Waals surface area (Å²) in [6.07, 6.45) is 4.48. The van der Waals surface area contributed by atoms with E-state index in [9.17, 15) is 19.5 Å². The molecule has 4 fully saturated rings. The molecule has 5 aliphatic rings. The molecule has 0 spiro atoms. The van der Waals surface area contributed by atoms with Gasteiger partial charge in [-0.2, -0.15) is 0 Å². The van der Waals surface area contributed by atoms with E-state index in [1.165, 1.54) is 12.2 Å². The highest BCUT2D eigenvalue weighted by Gasteiger charge is 2.79. The van der Waals surface area contributed by atoms with Crippen LogP contribution in [-0.2, 0) is 23.9 Å². The molecule has 0 aromatic rings. The molecular formula is C28H36FIO7. The van der Waals surface area contributed by atoms with Crippen molar-refractivity contribution in [1.82, 2.24) is 0 Å². The monoisotopic (exact) mass is 630 g/mol. The van der Waals surface area contributed by atoms with Crippen molar-refractivity contribution in [3.05, 3.63) is 23.8 Å². The lowest BCUT2D eigenvalue weighted by atomic mass is 9.44. The molecule has 9 heteroatoms. The fourth-order valence-corrected chi connectivity index (χ4v) is 9.26. The van der Waals surface area contributed by atoms with E-state index in [4.69, 9.17) is 14.6 Å². The third kappa shape index (κ3) is 3.69. The van der Waals surface area contributed by atoms with Gasteiger partial charge in [-0.25, -0.2) is 4.39 Å². The average molecular weight is 630 g/mol. The van der Waals surface area contributed by atoms with Crippen molar-refractivity contribution in [2.24, 2.45) is 22.7 Å². The number of aliphatic carboxylic acids is 1. The van der Waals surface area contributed by atoms with Crippen LogP contribution >= 0.6 is 22.6 Å². The summed E-state index contributed by atoms with van der Waals surface area (Å²) in [5.41, 5.74) is -4.62. The van der Waals surface area contributed by atoms with Crippen LogP contribution < -0.4 is 0 Å². The van der Waals surface area contributed by atoms with E-state index in [-0.39, 0.29) is 40.7 Å². The topological polar surface area (TPSA) is 110 Å². The zero-order valence-electron chi connectivity index (χ0n) is 21.8. The Balaban J connectivity index is 1.54. The summed E-state index contributed by atoms with van der Waals surface area (Å²) in [5.74, 6) is -3.08. The first-order valence-electron chi connectivity index (χ1n) is 13.2. The summed E-state index contributed by atoms with van der Waals surface area (Å²) in [6, 6.07) is 0. The van der Waals surface area contributed by atoms with Gasteiger partial charge in [0.05, 0.1) is 12.2 Å². The summed E-state index contributed by atoms with van der Waals surface area (Å²) < 4.78 is 30.1. The van der Waals surface area contributed by atoms with Gasteiger partial charge >= 0.3 is 5.97 Å². The van der Waals surface area contributed by atoms with Gasteiger partial charge in [-0.3, -0.25) is 14.4 Å². The van der Waals surface area contributed by atoms with Crippen LogP contribution in [0.3, 0.4) is 0 Å². The molecular weight excluding hydrogens is 594 g/mol. The number of allylic oxidation sites excluding steroid dienone is 4. The molecule has 7 nitrogen and oxygen atoms in total. The normalized spacial score (nSPS) is 46.4. The Bertz CT molecular complexity index is 1100. The lowest BCUT2D eigenvalue weighted by Gasteiger charge is -2.62. The minimum absolute atomic E-state index is 0.0258. The maximum absolute atomic E-state index is 17.4. The number of carboxylic acid groups (broad SMARTS) is 1. The fourth-order valence-electron chi connectivity index (χ4n) is 8.54. The predicted octanol–water partition coefficient (Wildman–Crippen LogP) is 4.49. The first-order valence-corrected chi connectivity index (χ1v) is 14.4. The van der Waals surface area contributed by atoms with Gasteiger partial charge in [0.25, 0.3) is 0 Å². The van der Waals surface area contributed by atoms with Crippen LogP contribution in [0.5, 0.6) is 0 Å². The van der Waals surface area contributed by atoms with Crippen molar-refractivity contribution in [3.63, 3.8) is 0 Å². The molecule has 1 aliphatic heterocycles. The number of halogens is 2. The predicted molar refractivity (Wildman–Crippen MR) is 141 cm³/mol. The van der Waals surface area contributed by atoms with Crippen LogP contribution in [0.2, 0.25) is 0 Å². The molecule has 0 bridgehead atoms. The maximum Gasteiger partial charge on any atom is 0.303 e. The van der Waals surface area contributed by atoms with E-state index < -0.39 is 52.0 Å². The van der Waals surface area contributed by atoms with Gasteiger partial charge in [-0.15, -0.1) is 0 Å². The van der Waals surface area contributed by atoms with E-state index in [0.717, 1.165) is 0 Å². The zero-order chi connectivity index (χ0) is 27.2. The van der Waals surface area contributed by atoms with Crippen LogP contribution in [-0.4, -0.2) is 60.9 Å². The SMILES string of the molecule is CC1(C)O[C@@H]2C[C@H]3[C@@H]4CCC5=CC(=O)C=C[C@]5(C)C4(F)[C@@H](O)C[C@]3(C)[C@]2(C(=O)CC(I)CCC(=O)O)O1. The molecule has 0 amide bonds. The molecule has 3 saturated carbocycles. The molecule has 9 atom stereocenters. The number of aliphatic hydroxyl groups is 1. The summed E-state index contributed by atoms with van der Waals surface area (Å²) in [6.45, 7) is 7.25. The van der Waals surface area contributed by atoms with Gasteiger partial charge in [-0.05, 0) is 70.9 Å². The largest absolute Gasteiger partial charge is 0.481 e. The second-order valence-electron chi connectivity index (χ2n) is 12.5. The number of hydrogen-bond acceptors (Lipinski definition) is 6. The van der Waals surface area contributed by atoms with Crippen molar-refractivity contribution in [3.8, 4) is 0 Å². The van der Waals surface area contributed by atoms with Crippen molar-refractivity contribution >= 4 is 40.1 Å². The highest BCUT2D eigenvalue weighted by molar-refractivity contribution is 14.1. The molecule has 5 rings (SSSR count). The number of carboxylic acids is 1. The Morgan fingerprint density at radius 2 is 1.95 bits per heavy atom. The molecule has 37 heavy (non-hydrogen) atoms. The van der Waals surface area contributed by atoms with Crippen molar-refractivity contribution in [2.45, 2.75) is 106 Å². The number of fused-ring (bicyclic) bond motifs is 7. The standard InChI is InChI=1S/C28H36FIO7/c1-24(2)36-22-13-19-18-7-5-15-11-17(31)9-10-25(15,3)27(18,29)21(33)14-26(19,4)28(22,37-24)20(32)12-16(30)6-8-23(34)35/h9-11,16,18-19,21-22,33H,5-8,12-14H2,1-4H3,(H,34,35)/t16?,18-,19-,21-,22+,25-,26-,27?,28+/m0/s1. The highest BCUT2D eigenvalue weighted by atomic mass is 127. The smallest absolute Gasteiger partial charge is 0.303 e. The van der Waals surface area contributed by atoms with E-state index in [0.29, 0.717) is 31.3 Å². The number of aliphatic hydroxyl groups excluding tert-OH is 1. The Labute approximate surface area is 230 Å². The number of ketones is 2. The van der Waals surface area contributed by atoms with Gasteiger partial charge in [0.2, 0.25) is 0 Å². The van der Waals surface area contributed by atoms with Gasteiger partial charge in [0.1, 0.15) is 0 Å². The van der Waals surface area contributed by atoms with Gasteiger partial charge in [0.15, 0.2) is 28.6 Å². The van der Waals surface area contributed by atoms with E-state index >= 15 is 4.39 Å². The number of carbonyl (C=O) groups excluding carboxylic acids is 2. The van der Waals surface area contributed by atoms with E-state index in [2.05, 4.69) is 22.6 Å². The summed E-state index contributed by atoms with van der Waals surface area (Å²) in [7, 11) is 0. The van der Waals surface area contributed by atoms with Crippen molar-refractivity contribution in [2.75, 3.05) is 0 Å². The minimum Gasteiger partial charge on any atom is -0.481 e. The molecule has 2 N–H and O–H groups in total. The minimum atomic E-state index is -2.00. The number of carbonyl (C=O) groups is 3. The summed E-state index contributed by atoms with van der Waals surface area (Å²) >= 11 is 2.12. The number of rotatable bonds is 6. The number of hydrogen-bond donors (Lipinski definition) is 2. The van der Waals surface area contributed by atoms with Crippen LogP contribution in [0.1, 0.15) is 72.6 Å². The van der Waals surface area contributed by atoms with Crippen LogP contribution in [0.15, 0.2) is 23.8 Å². The van der Waals surface area contributed by atoms with Crippen LogP contribution in [0.25, 0.3) is 0 Å². The summed E-state index contributed by atoms with van der Waals surface area (Å²) in [4.78, 5) is 37.3. The second-order valence-corrected chi connectivity index (χ2v) is 14.3. The lowest BCUT2D eigenvalue weighted by Crippen LogP contribution is -2.69. The maximum atomic E-state index is 17.4. The van der Waals surface area contributed by atoms with Gasteiger partial charge in [0, 0.05) is 33.5 Å². The number of ether oxygens (including phenoxy) is 2. The molecule has 0 aromatic heterocycles. The van der Waals surface area contributed by atoms with Gasteiger partial charge in [-0.1, -0.05) is 41.2 Å². The molecule has 4 aliphatic carbocycles. The van der Waals surface area contributed by atoms with Crippen molar-refractivity contribution < 1.29 is 38.5 Å². The average Bonchev–Trinajstić information content (AvgIpc) is 3.20. The molecule has 204 valence electrons. The Hall–Kier alpha value is -1.17. The first-order chi connectivity index (χ1) is 17.1. The summed E-state index contributed by atoms with van der Waals surface area (Å²) in [5, 5.41) is 20.7. The number of alkyl halides is 2. The molecule has 0 aromatic carbocycles. The molecule has 0 radical (unpaired) electrons. The fraction of sp³-hybridized carbons (Fsp3) is 0.750. The lowest BCUT2D eigenvalue weighted by molar-refractivity contribution is -0.245. The zero-order valence-corrected chi connectivity index (χ0v) is 23.9. The number of Topliss-reactive ketones (excluding diaryl/α,β-unsaturated/α-hetero) is 1. The third-order valence-electron chi connectivity index (χ3n) is 10.1. The van der Waals surface area contributed by atoms with Gasteiger partial charge < -0.3 is 19.7 Å².